The van der Waals surface area contributed by atoms with Crippen LogP contribution >= 0.6 is 0 Å². The van der Waals surface area contributed by atoms with Crippen LogP contribution in [0.15, 0.2) is 0 Å². The monoisotopic (exact) mass is 191 g/mol. The first-order valence-corrected chi connectivity index (χ1v) is 4.62. The van der Waals surface area contributed by atoms with Crippen LogP contribution in [-0.2, 0) is 4.74 Å². The van der Waals surface area contributed by atoms with Crippen molar-refractivity contribution in [3.8, 4) is 0 Å². The molecule has 0 aliphatic carbocycles. The zero-order valence-electron chi connectivity index (χ0n) is 8.55. The minimum absolute atomic E-state index is 0.0716. The lowest BCUT2D eigenvalue weighted by molar-refractivity contribution is 0.0904. The Balaban J connectivity index is 3.16. The van der Waals surface area contributed by atoms with Crippen molar-refractivity contribution in [2.75, 3.05) is 39.5 Å². The first-order valence-electron chi connectivity index (χ1n) is 4.62. The highest BCUT2D eigenvalue weighted by Gasteiger charge is 2.14. The van der Waals surface area contributed by atoms with E-state index in [4.69, 9.17) is 14.9 Å². The molecule has 0 aromatic heterocycles. The van der Waals surface area contributed by atoms with Crippen molar-refractivity contribution < 1.29 is 14.9 Å². The van der Waals surface area contributed by atoms with Crippen LogP contribution in [0.4, 0.5) is 0 Å². The Morgan fingerprint density at radius 1 is 1.23 bits per heavy atom. The van der Waals surface area contributed by atoms with Gasteiger partial charge in [-0.3, -0.25) is 0 Å². The minimum atomic E-state index is -0.0724. The van der Waals surface area contributed by atoms with Gasteiger partial charge in [0.2, 0.25) is 0 Å². The molecule has 0 aliphatic heterocycles. The Morgan fingerprint density at radius 2 is 1.92 bits per heavy atom. The second-order valence-electron chi connectivity index (χ2n) is 3.84. The molecule has 3 N–H and O–H groups in total. The smallest absolute Gasteiger partial charge is 0.0698 e. The fourth-order valence-electron chi connectivity index (χ4n) is 0.794. The maximum Gasteiger partial charge on any atom is 0.0698 e. The lowest BCUT2D eigenvalue weighted by atomic mass is 9.95. The van der Waals surface area contributed by atoms with Gasteiger partial charge in [0, 0.05) is 25.1 Å². The summed E-state index contributed by atoms with van der Waals surface area (Å²) < 4.78 is 5.06. The van der Waals surface area contributed by atoms with Gasteiger partial charge >= 0.3 is 0 Å². The van der Waals surface area contributed by atoms with Crippen LogP contribution in [0.1, 0.15) is 13.8 Å². The Labute approximate surface area is 79.9 Å². The minimum Gasteiger partial charge on any atom is -0.396 e. The van der Waals surface area contributed by atoms with Crippen LogP contribution < -0.4 is 5.32 Å². The molecule has 0 unspecified atom stereocenters. The normalized spacial score (nSPS) is 12.0. The quantitative estimate of drug-likeness (QED) is 0.457. The van der Waals surface area contributed by atoms with E-state index in [1.165, 1.54) is 0 Å². The standard InChI is InChI=1S/C9H21NO3/c1-9(2,8-12)7-10-3-5-13-6-4-11/h10-12H,3-8H2,1-2H3. The molecule has 0 saturated heterocycles. The fourth-order valence-corrected chi connectivity index (χ4v) is 0.794. The fraction of sp³-hybridized carbons (Fsp3) is 1.00. The molecule has 4 heteroatoms. The average molecular weight is 191 g/mol. The summed E-state index contributed by atoms with van der Waals surface area (Å²) in [7, 11) is 0. The molecule has 13 heavy (non-hydrogen) atoms. The summed E-state index contributed by atoms with van der Waals surface area (Å²) in [6.07, 6.45) is 0. The molecule has 0 aromatic rings. The highest BCUT2D eigenvalue weighted by Crippen LogP contribution is 2.10. The van der Waals surface area contributed by atoms with E-state index in [1.807, 2.05) is 13.8 Å². The average Bonchev–Trinajstić information content (AvgIpc) is 2.11. The zero-order chi connectivity index (χ0) is 10.2. The predicted molar refractivity (Wildman–Crippen MR) is 51.6 cm³/mol. The molecule has 0 amide bonds. The van der Waals surface area contributed by atoms with Crippen LogP contribution in [0, 0.1) is 5.41 Å². The van der Waals surface area contributed by atoms with Crippen molar-refractivity contribution in [2.24, 2.45) is 5.41 Å². The molecular weight excluding hydrogens is 170 g/mol. The molecule has 0 heterocycles. The molecule has 4 nitrogen and oxygen atoms in total. The summed E-state index contributed by atoms with van der Waals surface area (Å²) in [5.74, 6) is 0. The second kappa shape index (κ2) is 7.26. The van der Waals surface area contributed by atoms with Crippen molar-refractivity contribution in [3.63, 3.8) is 0 Å². The number of rotatable bonds is 8. The molecule has 0 saturated carbocycles. The molecule has 0 rings (SSSR count). The van der Waals surface area contributed by atoms with E-state index in [0.29, 0.717) is 13.2 Å². The van der Waals surface area contributed by atoms with E-state index in [-0.39, 0.29) is 18.6 Å². The molecule has 0 bridgehead atoms. The molecule has 0 aliphatic rings. The van der Waals surface area contributed by atoms with Crippen molar-refractivity contribution >= 4 is 0 Å². The number of hydrogen-bond donors (Lipinski definition) is 3. The molecule has 0 atom stereocenters. The van der Waals surface area contributed by atoms with Crippen LogP contribution in [0.2, 0.25) is 0 Å². The third kappa shape index (κ3) is 8.18. The van der Waals surface area contributed by atoms with E-state index in [0.717, 1.165) is 13.1 Å². The third-order valence-corrected chi connectivity index (χ3v) is 1.69. The van der Waals surface area contributed by atoms with Gasteiger partial charge in [0.05, 0.1) is 19.8 Å². The summed E-state index contributed by atoms with van der Waals surface area (Å²) in [6, 6.07) is 0. The number of hydrogen-bond acceptors (Lipinski definition) is 4. The lowest BCUT2D eigenvalue weighted by Gasteiger charge is -2.21. The molecule has 0 aromatic carbocycles. The maximum atomic E-state index is 8.93. The van der Waals surface area contributed by atoms with Crippen molar-refractivity contribution in [1.82, 2.24) is 5.32 Å². The largest absolute Gasteiger partial charge is 0.396 e. The molecule has 0 radical (unpaired) electrons. The number of aliphatic hydroxyl groups is 2. The van der Waals surface area contributed by atoms with Gasteiger partial charge in [0.1, 0.15) is 0 Å². The van der Waals surface area contributed by atoms with Crippen molar-refractivity contribution in [2.45, 2.75) is 13.8 Å². The molecule has 0 fully saturated rings. The maximum absolute atomic E-state index is 8.93. The van der Waals surface area contributed by atoms with Gasteiger partial charge in [0.15, 0.2) is 0 Å². The Bertz CT molecular complexity index is 117. The van der Waals surface area contributed by atoms with Crippen molar-refractivity contribution in [1.29, 1.82) is 0 Å². The van der Waals surface area contributed by atoms with Gasteiger partial charge in [-0.25, -0.2) is 0 Å². The highest BCUT2D eigenvalue weighted by atomic mass is 16.5. The number of aliphatic hydroxyl groups excluding tert-OH is 2. The molecule has 0 spiro atoms. The summed E-state index contributed by atoms with van der Waals surface area (Å²) in [6.45, 7) is 6.76. The molecular formula is C9H21NO3. The SMILES string of the molecule is CC(C)(CO)CNCCOCCO. The van der Waals surface area contributed by atoms with Crippen LogP contribution in [0.25, 0.3) is 0 Å². The zero-order valence-corrected chi connectivity index (χ0v) is 8.55. The van der Waals surface area contributed by atoms with Gasteiger partial charge < -0.3 is 20.3 Å². The molecule has 80 valence electrons. The van der Waals surface area contributed by atoms with Gasteiger partial charge in [-0.15, -0.1) is 0 Å². The number of nitrogens with one attached hydrogen (secondary N) is 1. The summed E-state index contributed by atoms with van der Waals surface area (Å²) in [4.78, 5) is 0. The van der Waals surface area contributed by atoms with E-state index >= 15 is 0 Å². The highest BCUT2D eigenvalue weighted by molar-refractivity contribution is 4.69. The Kier molecular flexibility index (Phi) is 7.17. The van der Waals surface area contributed by atoms with Crippen LogP contribution in [0.3, 0.4) is 0 Å². The second-order valence-corrected chi connectivity index (χ2v) is 3.84. The lowest BCUT2D eigenvalue weighted by Crippen LogP contribution is -2.34. The van der Waals surface area contributed by atoms with Gasteiger partial charge in [0.25, 0.3) is 0 Å². The van der Waals surface area contributed by atoms with Crippen LogP contribution in [0.5, 0.6) is 0 Å². The third-order valence-electron chi connectivity index (χ3n) is 1.69. The number of ether oxygens (including phenoxy) is 1. The first-order chi connectivity index (χ1) is 6.12. The summed E-state index contributed by atoms with van der Waals surface area (Å²) in [5, 5.41) is 20.5. The predicted octanol–water partition coefficient (Wildman–Crippen LogP) is -0.397. The first kappa shape index (κ1) is 12.8. The van der Waals surface area contributed by atoms with E-state index in [9.17, 15) is 0 Å². The van der Waals surface area contributed by atoms with Gasteiger partial charge in [-0.05, 0) is 0 Å². The van der Waals surface area contributed by atoms with Gasteiger partial charge in [-0.2, -0.15) is 0 Å². The van der Waals surface area contributed by atoms with E-state index < -0.39 is 0 Å². The Morgan fingerprint density at radius 3 is 2.46 bits per heavy atom. The summed E-state index contributed by atoms with van der Waals surface area (Å²) in [5.41, 5.74) is -0.0724. The van der Waals surface area contributed by atoms with Crippen molar-refractivity contribution in [3.05, 3.63) is 0 Å². The van der Waals surface area contributed by atoms with E-state index in [2.05, 4.69) is 5.32 Å². The van der Waals surface area contributed by atoms with Gasteiger partial charge in [-0.1, -0.05) is 13.8 Å². The van der Waals surface area contributed by atoms with Crippen LogP contribution in [-0.4, -0.2) is 49.7 Å². The van der Waals surface area contributed by atoms with E-state index in [1.54, 1.807) is 0 Å². The Hall–Kier alpha value is -0.160. The summed E-state index contributed by atoms with van der Waals surface area (Å²) >= 11 is 0. The topological polar surface area (TPSA) is 61.7 Å².